The molecule has 4 heteroatoms. The highest BCUT2D eigenvalue weighted by Gasteiger charge is 2.13. The predicted molar refractivity (Wildman–Crippen MR) is 78.9 cm³/mol. The fourth-order valence-corrected chi connectivity index (χ4v) is 2.05. The topological polar surface area (TPSA) is 33.2 Å². The fourth-order valence-electron chi connectivity index (χ4n) is 1.81. The molecule has 3 nitrogen and oxygen atoms in total. The summed E-state index contributed by atoms with van der Waals surface area (Å²) in [4.78, 5) is 18.0. The van der Waals surface area contributed by atoms with Gasteiger partial charge in [0, 0.05) is 24.3 Å². The molecule has 0 aliphatic carbocycles. The zero-order chi connectivity index (χ0) is 13.8. The van der Waals surface area contributed by atoms with Crippen LogP contribution in [0.15, 0.2) is 47.1 Å². The summed E-state index contributed by atoms with van der Waals surface area (Å²) in [6, 6.07) is 11.6. The molecule has 0 saturated heterocycles. The van der Waals surface area contributed by atoms with Crippen LogP contribution < -0.4 is 0 Å². The summed E-state index contributed by atoms with van der Waals surface area (Å²) in [7, 11) is 1.79. The zero-order valence-electron chi connectivity index (χ0n) is 10.9. The van der Waals surface area contributed by atoms with Crippen molar-refractivity contribution in [3.63, 3.8) is 0 Å². The Labute approximate surface area is 121 Å². The first-order chi connectivity index (χ1) is 9.08. The molecule has 0 aliphatic rings. The lowest BCUT2D eigenvalue weighted by Crippen LogP contribution is -2.27. The van der Waals surface area contributed by atoms with E-state index in [-0.39, 0.29) is 5.91 Å². The Kier molecular flexibility index (Phi) is 4.32. The molecule has 1 aromatic carbocycles. The number of benzene rings is 1. The third-order valence-corrected chi connectivity index (χ3v) is 3.43. The molecule has 1 amide bonds. The van der Waals surface area contributed by atoms with Crippen molar-refractivity contribution in [2.75, 3.05) is 7.05 Å². The normalized spacial score (nSPS) is 10.3. The molecular formula is C15H15BrN2O. The first kappa shape index (κ1) is 13.7. The van der Waals surface area contributed by atoms with Gasteiger partial charge in [-0.3, -0.25) is 4.79 Å². The highest BCUT2D eigenvalue weighted by molar-refractivity contribution is 9.10. The molecule has 0 saturated carbocycles. The molecular weight excluding hydrogens is 304 g/mol. The number of halogens is 1. The number of hydrogen-bond acceptors (Lipinski definition) is 2. The van der Waals surface area contributed by atoms with E-state index < -0.39 is 0 Å². The minimum absolute atomic E-state index is 0.0734. The highest BCUT2D eigenvalue weighted by Crippen LogP contribution is 2.12. The van der Waals surface area contributed by atoms with Gasteiger partial charge >= 0.3 is 0 Å². The number of amides is 1. The highest BCUT2D eigenvalue weighted by atomic mass is 79.9. The van der Waals surface area contributed by atoms with Gasteiger partial charge in [0.05, 0.1) is 0 Å². The van der Waals surface area contributed by atoms with Crippen LogP contribution in [0.1, 0.15) is 21.6 Å². The summed E-state index contributed by atoms with van der Waals surface area (Å²) in [6.07, 6.45) is 1.63. The van der Waals surface area contributed by atoms with Crippen LogP contribution in [-0.2, 0) is 6.54 Å². The van der Waals surface area contributed by atoms with Gasteiger partial charge in [-0.2, -0.15) is 0 Å². The van der Waals surface area contributed by atoms with Gasteiger partial charge in [0.1, 0.15) is 5.69 Å². The SMILES string of the molecule is Cc1ccccc1CN(C)C(=O)c1ccc(Br)cn1. The van der Waals surface area contributed by atoms with Gasteiger partial charge in [0.15, 0.2) is 0 Å². The molecule has 1 heterocycles. The van der Waals surface area contributed by atoms with Gasteiger partial charge < -0.3 is 4.90 Å². The Morgan fingerprint density at radius 3 is 2.63 bits per heavy atom. The summed E-state index contributed by atoms with van der Waals surface area (Å²) >= 11 is 3.31. The molecule has 98 valence electrons. The van der Waals surface area contributed by atoms with Crippen molar-refractivity contribution in [1.82, 2.24) is 9.88 Å². The number of aromatic nitrogens is 1. The lowest BCUT2D eigenvalue weighted by Gasteiger charge is -2.18. The number of pyridine rings is 1. The maximum Gasteiger partial charge on any atom is 0.272 e. The van der Waals surface area contributed by atoms with Crippen LogP contribution in [0.25, 0.3) is 0 Å². The van der Waals surface area contributed by atoms with E-state index >= 15 is 0 Å². The molecule has 0 fully saturated rings. The van der Waals surface area contributed by atoms with Gasteiger partial charge in [-0.05, 0) is 46.1 Å². The van der Waals surface area contributed by atoms with Crippen molar-refractivity contribution in [3.05, 3.63) is 63.9 Å². The number of hydrogen-bond donors (Lipinski definition) is 0. The average molecular weight is 319 g/mol. The van der Waals surface area contributed by atoms with Gasteiger partial charge in [0.25, 0.3) is 5.91 Å². The molecule has 0 bridgehead atoms. The van der Waals surface area contributed by atoms with E-state index in [1.165, 1.54) is 5.56 Å². The lowest BCUT2D eigenvalue weighted by atomic mass is 10.1. The van der Waals surface area contributed by atoms with E-state index in [9.17, 15) is 4.79 Å². The van der Waals surface area contributed by atoms with Crippen molar-refractivity contribution in [2.45, 2.75) is 13.5 Å². The third-order valence-electron chi connectivity index (χ3n) is 2.96. The molecule has 0 radical (unpaired) electrons. The van der Waals surface area contributed by atoms with E-state index in [0.717, 1.165) is 10.0 Å². The summed E-state index contributed by atoms with van der Waals surface area (Å²) in [6.45, 7) is 2.63. The molecule has 0 aliphatic heterocycles. The van der Waals surface area contributed by atoms with E-state index in [1.807, 2.05) is 37.3 Å². The molecule has 0 spiro atoms. The van der Waals surface area contributed by atoms with Crippen LogP contribution in [0, 0.1) is 6.92 Å². The summed E-state index contributed by atoms with van der Waals surface area (Å²) in [5, 5.41) is 0. The molecule has 2 aromatic rings. The van der Waals surface area contributed by atoms with Crippen molar-refractivity contribution in [1.29, 1.82) is 0 Å². The second-order valence-electron chi connectivity index (χ2n) is 4.45. The molecule has 0 atom stereocenters. The van der Waals surface area contributed by atoms with Gasteiger partial charge in [0.2, 0.25) is 0 Å². The molecule has 2 rings (SSSR count). The van der Waals surface area contributed by atoms with Crippen LogP contribution in [0.5, 0.6) is 0 Å². The van der Waals surface area contributed by atoms with Crippen LogP contribution in [-0.4, -0.2) is 22.8 Å². The van der Waals surface area contributed by atoms with Crippen molar-refractivity contribution in [2.24, 2.45) is 0 Å². The van der Waals surface area contributed by atoms with Crippen LogP contribution in [0.4, 0.5) is 0 Å². The fraction of sp³-hybridized carbons (Fsp3) is 0.200. The Morgan fingerprint density at radius 2 is 2.00 bits per heavy atom. The zero-order valence-corrected chi connectivity index (χ0v) is 12.5. The van der Waals surface area contributed by atoms with E-state index in [1.54, 1.807) is 24.2 Å². The molecule has 0 N–H and O–H groups in total. The minimum atomic E-state index is -0.0734. The van der Waals surface area contributed by atoms with Crippen LogP contribution in [0.3, 0.4) is 0 Å². The van der Waals surface area contributed by atoms with Crippen molar-refractivity contribution < 1.29 is 4.79 Å². The maximum atomic E-state index is 12.2. The minimum Gasteiger partial charge on any atom is -0.336 e. The second kappa shape index (κ2) is 5.97. The second-order valence-corrected chi connectivity index (χ2v) is 5.37. The number of nitrogens with zero attached hydrogens (tertiary/aromatic N) is 2. The summed E-state index contributed by atoms with van der Waals surface area (Å²) < 4.78 is 0.866. The largest absolute Gasteiger partial charge is 0.336 e. The average Bonchev–Trinajstić information content (AvgIpc) is 2.41. The van der Waals surface area contributed by atoms with Gasteiger partial charge in [-0.1, -0.05) is 24.3 Å². The smallest absolute Gasteiger partial charge is 0.272 e. The van der Waals surface area contributed by atoms with E-state index in [2.05, 4.69) is 20.9 Å². The Hall–Kier alpha value is -1.68. The molecule has 1 aromatic heterocycles. The summed E-state index contributed by atoms with van der Waals surface area (Å²) in [5.41, 5.74) is 2.79. The monoisotopic (exact) mass is 318 g/mol. The lowest BCUT2D eigenvalue weighted by molar-refractivity contribution is 0.0779. The van der Waals surface area contributed by atoms with Crippen LogP contribution in [0.2, 0.25) is 0 Å². The standard InChI is InChI=1S/C15H15BrN2O/c1-11-5-3-4-6-12(11)10-18(2)15(19)14-8-7-13(16)9-17-14/h3-9H,10H2,1-2H3. The number of aryl methyl sites for hydroxylation is 1. The first-order valence-corrected chi connectivity index (χ1v) is 6.79. The molecule has 19 heavy (non-hydrogen) atoms. The number of carbonyl (C=O) groups excluding carboxylic acids is 1. The Morgan fingerprint density at radius 1 is 1.26 bits per heavy atom. The Balaban J connectivity index is 2.12. The van der Waals surface area contributed by atoms with Gasteiger partial charge in [-0.15, -0.1) is 0 Å². The van der Waals surface area contributed by atoms with Crippen LogP contribution >= 0.6 is 15.9 Å². The number of rotatable bonds is 3. The quantitative estimate of drug-likeness (QED) is 0.868. The van der Waals surface area contributed by atoms with Crippen molar-refractivity contribution >= 4 is 21.8 Å². The molecule has 0 unspecified atom stereocenters. The first-order valence-electron chi connectivity index (χ1n) is 5.99. The maximum absolute atomic E-state index is 12.2. The predicted octanol–water partition coefficient (Wildman–Crippen LogP) is 3.42. The van der Waals surface area contributed by atoms with Crippen molar-refractivity contribution in [3.8, 4) is 0 Å². The number of carbonyl (C=O) groups is 1. The van der Waals surface area contributed by atoms with E-state index in [0.29, 0.717) is 12.2 Å². The van der Waals surface area contributed by atoms with E-state index in [4.69, 9.17) is 0 Å². The summed E-state index contributed by atoms with van der Waals surface area (Å²) in [5.74, 6) is -0.0734. The Bertz CT molecular complexity index is 581. The van der Waals surface area contributed by atoms with Gasteiger partial charge in [-0.25, -0.2) is 4.98 Å². The third kappa shape index (κ3) is 3.41.